The Bertz CT molecular complexity index is 296. The maximum absolute atomic E-state index is 11.5. The quantitative estimate of drug-likeness (QED) is 0.691. The van der Waals surface area contributed by atoms with E-state index in [0.29, 0.717) is 0 Å². The maximum Gasteiger partial charge on any atom is 0.522 e. The third kappa shape index (κ3) is 2.82. The van der Waals surface area contributed by atoms with Gasteiger partial charge >= 0.3 is 6.36 Å². The molecule has 0 unspecified atom stereocenters. The molecule has 0 aliphatic heterocycles. The molecular formula is C5H5F3N2O3. The van der Waals surface area contributed by atoms with E-state index in [1.807, 2.05) is 0 Å². The third-order valence-electron chi connectivity index (χ3n) is 1.13. The predicted molar refractivity (Wildman–Crippen MR) is 31.9 cm³/mol. The number of nitrogens with zero attached hydrogens (tertiary/aromatic N) is 2. The van der Waals surface area contributed by atoms with Crippen LogP contribution >= 0.6 is 0 Å². The van der Waals surface area contributed by atoms with Gasteiger partial charge in [-0.25, -0.2) is 0 Å². The van der Waals surface area contributed by atoms with E-state index < -0.39 is 18.7 Å². The zero-order valence-electron chi connectivity index (χ0n) is 6.12. The van der Waals surface area contributed by atoms with Crippen molar-refractivity contribution in [2.45, 2.75) is 13.0 Å². The zero-order chi connectivity index (χ0) is 10.1. The molecule has 13 heavy (non-hydrogen) atoms. The number of aromatic hydroxyl groups is 1. The standard InChI is InChI=1S/C5H5F3N2O3/c6-5(7,8)13-2-3-4(11)1-10(12)9-3/h1,11-12H,2H2. The maximum atomic E-state index is 11.5. The summed E-state index contributed by atoms with van der Waals surface area (Å²) >= 11 is 0. The number of hydrogen-bond acceptors (Lipinski definition) is 4. The molecule has 0 atom stereocenters. The Kier molecular flexibility index (Phi) is 2.32. The van der Waals surface area contributed by atoms with Gasteiger partial charge in [0.05, 0.1) is 0 Å². The highest BCUT2D eigenvalue weighted by atomic mass is 19.4. The van der Waals surface area contributed by atoms with Crippen LogP contribution in [-0.4, -0.2) is 26.6 Å². The van der Waals surface area contributed by atoms with E-state index in [4.69, 9.17) is 10.3 Å². The van der Waals surface area contributed by atoms with Gasteiger partial charge in [0.25, 0.3) is 0 Å². The molecular weight excluding hydrogens is 193 g/mol. The van der Waals surface area contributed by atoms with Crippen LogP contribution in [-0.2, 0) is 11.3 Å². The van der Waals surface area contributed by atoms with Crippen LogP contribution in [0.15, 0.2) is 6.20 Å². The second kappa shape index (κ2) is 3.13. The number of alkyl halides is 3. The van der Waals surface area contributed by atoms with Crippen LogP contribution in [0.25, 0.3) is 0 Å². The van der Waals surface area contributed by atoms with Crippen LogP contribution in [0.5, 0.6) is 5.75 Å². The first kappa shape index (κ1) is 9.65. The summed E-state index contributed by atoms with van der Waals surface area (Å²) < 4.78 is 37.8. The van der Waals surface area contributed by atoms with Crippen molar-refractivity contribution >= 4 is 0 Å². The number of aromatic nitrogens is 2. The highest BCUT2D eigenvalue weighted by Gasteiger charge is 2.30. The van der Waals surface area contributed by atoms with Crippen LogP contribution < -0.4 is 0 Å². The van der Waals surface area contributed by atoms with Crippen molar-refractivity contribution in [3.63, 3.8) is 0 Å². The minimum absolute atomic E-state index is 0.199. The normalized spacial score (nSPS) is 11.9. The summed E-state index contributed by atoms with van der Waals surface area (Å²) in [6.45, 7) is -0.942. The van der Waals surface area contributed by atoms with E-state index in [1.54, 1.807) is 0 Å². The molecule has 0 fully saturated rings. The first-order valence-corrected chi connectivity index (χ1v) is 3.06. The average Bonchev–Trinajstić information content (AvgIpc) is 2.24. The predicted octanol–water partition coefficient (Wildman–Crippen LogP) is 0.862. The number of ether oxygens (including phenoxy) is 1. The van der Waals surface area contributed by atoms with E-state index in [1.165, 1.54) is 0 Å². The summed E-state index contributed by atoms with van der Waals surface area (Å²) in [4.78, 5) is 0.199. The highest BCUT2D eigenvalue weighted by molar-refractivity contribution is 5.21. The van der Waals surface area contributed by atoms with Crippen molar-refractivity contribution in [2.75, 3.05) is 0 Å². The number of halogens is 3. The molecule has 0 aliphatic carbocycles. The lowest BCUT2D eigenvalue weighted by atomic mass is 10.4. The SMILES string of the molecule is Oc1cn(O)nc1COC(F)(F)F. The second-order valence-corrected chi connectivity index (χ2v) is 2.12. The molecule has 0 radical (unpaired) electrons. The summed E-state index contributed by atoms with van der Waals surface area (Å²) in [7, 11) is 0. The largest absolute Gasteiger partial charge is 0.522 e. The first-order chi connectivity index (χ1) is 5.88. The minimum atomic E-state index is -4.79. The number of hydrogen-bond donors (Lipinski definition) is 2. The van der Waals surface area contributed by atoms with Crippen LogP contribution in [0, 0.1) is 0 Å². The van der Waals surface area contributed by atoms with Crippen molar-refractivity contribution in [3.8, 4) is 5.75 Å². The van der Waals surface area contributed by atoms with Gasteiger partial charge < -0.3 is 10.3 Å². The van der Waals surface area contributed by atoms with E-state index in [-0.39, 0.29) is 10.5 Å². The molecule has 74 valence electrons. The molecule has 1 aromatic heterocycles. The zero-order valence-corrected chi connectivity index (χ0v) is 6.12. The monoisotopic (exact) mass is 198 g/mol. The molecule has 0 aliphatic rings. The van der Waals surface area contributed by atoms with Gasteiger partial charge in [-0.05, 0) is 0 Å². The van der Waals surface area contributed by atoms with Gasteiger partial charge in [0.15, 0.2) is 5.75 Å². The second-order valence-electron chi connectivity index (χ2n) is 2.12. The fourth-order valence-corrected chi connectivity index (χ4v) is 0.641. The Morgan fingerprint density at radius 2 is 2.15 bits per heavy atom. The minimum Gasteiger partial charge on any atom is -0.504 e. The van der Waals surface area contributed by atoms with Gasteiger partial charge in [0.2, 0.25) is 0 Å². The van der Waals surface area contributed by atoms with Crippen molar-refractivity contribution in [3.05, 3.63) is 11.9 Å². The Morgan fingerprint density at radius 1 is 1.54 bits per heavy atom. The Balaban J connectivity index is 2.59. The summed E-state index contributed by atoms with van der Waals surface area (Å²) in [5.41, 5.74) is -0.389. The summed E-state index contributed by atoms with van der Waals surface area (Å²) in [6, 6.07) is 0. The molecule has 1 heterocycles. The van der Waals surface area contributed by atoms with Gasteiger partial charge in [0, 0.05) is 0 Å². The van der Waals surface area contributed by atoms with E-state index >= 15 is 0 Å². The topological polar surface area (TPSA) is 67.5 Å². The molecule has 8 heteroatoms. The van der Waals surface area contributed by atoms with Crippen molar-refractivity contribution < 1.29 is 28.2 Å². The van der Waals surface area contributed by atoms with Crippen LogP contribution in [0.2, 0.25) is 0 Å². The van der Waals surface area contributed by atoms with Crippen molar-refractivity contribution in [2.24, 2.45) is 0 Å². The van der Waals surface area contributed by atoms with Crippen LogP contribution in [0.1, 0.15) is 5.69 Å². The average molecular weight is 198 g/mol. The fraction of sp³-hybridized carbons (Fsp3) is 0.400. The van der Waals surface area contributed by atoms with E-state index in [2.05, 4.69) is 9.84 Å². The van der Waals surface area contributed by atoms with Crippen LogP contribution in [0.3, 0.4) is 0 Å². The van der Waals surface area contributed by atoms with Gasteiger partial charge in [-0.15, -0.1) is 23.1 Å². The summed E-state index contributed by atoms with van der Waals surface area (Å²) in [6.07, 6.45) is -4.04. The third-order valence-corrected chi connectivity index (χ3v) is 1.13. The number of rotatable bonds is 2. The molecule has 0 saturated heterocycles. The first-order valence-electron chi connectivity index (χ1n) is 3.06. The van der Waals surface area contributed by atoms with Gasteiger partial charge in [-0.1, -0.05) is 0 Å². The van der Waals surface area contributed by atoms with E-state index in [0.717, 1.165) is 6.20 Å². The molecule has 1 aromatic rings. The Labute approximate surface area is 69.9 Å². The molecule has 0 saturated carbocycles. The van der Waals surface area contributed by atoms with Crippen molar-refractivity contribution in [1.29, 1.82) is 0 Å². The molecule has 2 N–H and O–H groups in total. The van der Waals surface area contributed by atoms with Gasteiger partial charge in [-0.2, -0.15) is 0 Å². The molecule has 0 bridgehead atoms. The Hall–Kier alpha value is -1.44. The van der Waals surface area contributed by atoms with Crippen LogP contribution in [0.4, 0.5) is 13.2 Å². The van der Waals surface area contributed by atoms with Gasteiger partial charge in [-0.3, -0.25) is 4.74 Å². The smallest absolute Gasteiger partial charge is 0.504 e. The van der Waals surface area contributed by atoms with Crippen molar-refractivity contribution in [1.82, 2.24) is 9.94 Å². The summed E-state index contributed by atoms with van der Waals surface area (Å²) in [5, 5.41) is 20.5. The molecule has 5 nitrogen and oxygen atoms in total. The molecule has 0 amide bonds. The molecule has 1 rings (SSSR count). The Morgan fingerprint density at radius 3 is 2.54 bits per heavy atom. The van der Waals surface area contributed by atoms with Gasteiger partial charge in [0.1, 0.15) is 18.5 Å². The lowest BCUT2D eigenvalue weighted by Crippen LogP contribution is -2.13. The fourth-order valence-electron chi connectivity index (χ4n) is 0.641. The molecule has 0 spiro atoms. The van der Waals surface area contributed by atoms with E-state index in [9.17, 15) is 13.2 Å². The highest BCUT2D eigenvalue weighted by Crippen LogP contribution is 2.21. The summed E-state index contributed by atoms with van der Waals surface area (Å²) in [5.74, 6) is -0.563. The molecule has 0 aromatic carbocycles. The lowest BCUT2D eigenvalue weighted by molar-refractivity contribution is -0.330. The lowest BCUT2D eigenvalue weighted by Gasteiger charge is -2.04.